The van der Waals surface area contributed by atoms with Crippen molar-refractivity contribution < 1.29 is 19.4 Å². The molecule has 0 aliphatic heterocycles. The van der Waals surface area contributed by atoms with Crippen molar-refractivity contribution in [2.24, 2.45) is 0 Å². The molecule has 0 aliphatic carbocycles. The Bertz CT molecular complexity index is 499. The minimum atomic E-state index is -1.14. The predicted molar refractivity (Wildman–Crippen MR) is 76.0 cm³/mol. The summed E-state index contributed by atoms with van der Waals surface area (Å²) in [5.41, 5.74) is -0.0133. The van der Waals surface area contributed by atoms with E-state index in [1.807, 2.05) is 0 Å². The third-order valence-electron chi connectivity index (χ3n) is 2.21. The van der Waals surface area contributed by atoms with Crippen molar-refractivity contribution in [1.82, 2.24) is 10.3 Å². The van der Waals surface area contributed by atoms with Gasteiger partial charge in [0, 0.05) is 23.7 Å². The Balaban J connectivity index is 2.71. The van der Waals surface area contributed by atoms with E-state index in [9.17, 15) is 9.59 Å². The normalized spacial score (nSPS) is 12.6. The molecule has 1 aromatic rings. The van der Waals surface area contributed by atoms with Crippen molar-refractivity contribution in [2.75, 3.05) is 0 Å². The van der Waals surface area contributed by atoms with E-state index >= 15 is 0 Å². The molecule has 110 valence electrons. The van der Waals surface area contributed by atoms with Crippen molar-refractivity contribution in [1.29, 1.82) is 0 Å². The maximum Gasteiger partial charge on any atom is 0.408 e. The fourth-order valence-electron chi connectivity index (χ4n) is 1.47. The molecular weight excluding hydrogens is 280 g/mol. The summed E-state index contributed by atoms with van der Waals surface area (Å²) >= 11 is 4.13. The molecule has 1 rings (SSSR count). The van der Waals surface area contributed by atoms with Gasteiger partial charge in [-0.15, -0.1) is 12.6 Å². The van der Waals surface area contributed by atoms with Gasteiger partial charge in [-0.1, -0.05) is 0 Å². The second kappa shape index (κ2) is 6.60. The van der Waals surface area contributed by atoms with Crippen molar-refractivity contribution in [3.63, 3.8) is 0 Å². The standard InChI is InChI=1S/C13H18N2O4S/c1-13(2,3)19-12(18)15-10(11(16)17)5-8-4-9(20)7-14-6-8/h4,6-7,10,20H,5H2,1-3H3,(H,15,18)(H,16,17). The van der Waals surface area contributed by atoms with E-state index in [4.69, 9.17) is 9.84 Å². The van der Waals surface area contributed by atoms with Crippen LogP contribution in [0.4, 0.5) is 4.79 Å². The molecule has 0 saturated heterocycles. The average Bonchev–Trinajstić information content (AvgIpc) is 2.25. The van der Waals surface area contributed by atoms with Gasteiger partial charge in [-0.05, 0) is 32.4 Å². The largest absolute Gasteiger partial charge is 0.480 e. The lowest BCUT2D eigenvalue weighted by molar-refractivity contribution is -0.139. The Hall–Kier alpha value is -1.76. The molecule has 6 nitrogen and oxygen atoms in total. The minimum absolute atomic E-state index is 0.107. The van der Waals surface area contributed by atoms with Crippen LogP contribution in [0.25, 0.3) is 0 Å². The maximum atomic E-state index is 11.6. The molecule has 20 heavy (non-hydrogen) atoms. The zero-order valence-corrected chi connectivity index (χ0v) is 12.5. The Morgan fingerprint density at radius 1 is 1.45 bits per heavy atom. The zero-order chi connectivity index (χ0) is 15.3. The molecule has 1 amide bonds. The number of pyridine rings is 1. The predicted octanol–water partition coefficient (Wildman–Crippen LogP) is 1.89. The van der Waals surface area contributed by atoms with Crippen LogP contribution in [0.15, 0.2) is 23.4 Å². The Morgan fingerprint density at radius 3 is 2.60 bits per heavy atom. The number of thiol groups is 1. The van der Waals surface area contributed by atoms with Crippen LogP contribution in [0.2, 0.25) is 0 Å². The lowest BCUT2D eigenvalue weighted by Crippen LogP contribution is -2.44. The number of hydrogen-bond donors (Lipinski definition) is 3. The number of rotatable bonds is 4. The summed E-state index contributed by atoms with van der Waals surface area (Å²) in [6.07, 6.45) is 2.42. The number of aromatic nitrogens is 1. The van der Waals surface area contributed by atoms with Gasteiger partial charge in [0.15, 0.2) is 0 Å². The van der Waals surface area contributed by atoms with Crippen LogP contribution in [0.5, 0.6) is 0 Å². The number of nitrogens with one attached hydrogen (secondary N) is 1. The summed E-state index contributed by atoms with van der Waals surface area (Å²) < 4.78 is 5.04. The smallest absolute Gasteiger partial charge is 0.408 e. The van der Waals surface area contributed by atoms with Crippen LogP contribution < -0.4 is 5.32 Å². The summed E-state index contributed by atoms with van der Waals surface area (Å²) in [6.45, 7) is 5.12. The van der Waals surface area contributed by atoms with Gasteiger partial charge < -0.3 is 15.2 Å². The molecule has 0 fully saturated rings. The number of amides is 1. The molecule has 1 unspecified atom stereocenters. The summed E-state index contributed by atoms with van der Waals surface area (Å²) in [5.74, 6) is -1.14. The summed E-state index contributed by atoms with van der Waals surface area (Å²) in [5, 5.41) is 11.5. The Labute approximate surface area is 123 Å². The quantitative estimate of drug-likeness (QED) is 0.739. The molecule has 0 aromatic carbocycles. The molecule has 1 heterocycles. The first kappa shape index (κ1) is 16.3. The topological polar surface area (TPSA) is 88.5 Å². The molecule has 7 heteroatoms. The highest BCUT2D eigenvalue weighted by Crippen LogP contribution is 2.10. The molecule has 0 aliphatic rings. The molecule has 1 atom stereocenters. The molecule has 0 radical (unpaired) electrons. The molecule has 2 N–H and O–H groups in total. The number of aliphatic carboxylic acids is 1. The van der Waals surface area contributed by atoms with Crippen LogP contribution in [0, 0.1) is 0 Å². The number of hydrogen-bond acceptors (Lipinski definition) is 5. The fourth-order valence-corrected chi connectivity index (χ4v) is 1.70. The number of carbonyl (C=O) groups is 2. The minimum Gasteiger partial charge on any atom is -0.480 e. The number of ether oxygens (including phenoxy) is 1. The van der Waals surface area contributed by atoms with Crippen molar-refractivity contribution >= 4 is 24.7 Å². The Kier molecular flexibility index (Phi) is 5.38. The first-order valence-corrected chi connectivity index (χ1v) is 6.47. The van der Waals surface area contributed by atoms with Gasteiger partial charge in [0.25, 0.3) is 0 Å². The van der Waals surface area contributed by atoms with E-state index in [0.717, 1.165) is 0 Å². The SMILES string of the molecule is CC(C)(C)OC(=O)NC(Cc1cncc(S)c1)C(=O)O. The van der Waals surface area contributed by atoms with Crippen molar-refractivity contribution in [3.8, 4) is 0 Å². The summed E-state index contributed by atoms with van der Waals surface area (Å²) in [7, 11) is 0. The Morgan fingerprint density at radius 2 is 2.10 bits per heavy atom. The molecule has 0 saturated carbocycles. The summed E-state index contributed by atoms with van der Waals surface area (Å²) in [4.78, 5) is 27.3. The van der Waals surface area contributed by atoms with Gasteiger partial charge in [-0.3, -0.25) is 4.98 Å². The van der Waals surface area contributed by atoms with E-state index in [1.54, 1.807) is 33.0 Å². The first-order valence-electron chi connectivity index (χ1n) is 6.02. The van der Waals surface area contributed by atoms with Gasteiger partial charge >= 0.3 is 12.1 Å². The van der Waals surface area contributed by atoms with Crippen LogP contribution in [0.1, 0.15) is 26.3 Å². The van der Waals surface area contributed by atoms with Crippen LogP contribution in [-0.2, 0) is 16.0 Å². The van der Waals surface area contributed by atoms with E-state index in [1.165, 1.54) is 6.20 Å². The van der Waals surface area contributed by atoms with E-state index in [2.05, 4.69) is 22.9 Å². The number of alkyl carbamates (subject to hydrolysis) is 1. The first-order chi connectivity index (χ1) is 9.17. The molecule has 1 aromatic heterocycles. The lowest BCUT2D eigenvalue weighted by atomic mass is 10.1. The number of nitrogens with zero attached hydrogens (tertiary/aromatic N) is 1. The van der Waals surface area contributed by atoms with Gasteiger partial charge in [0.05, 0.1) is 0 Å². The summed E-state index contributed by atoms with van der Waals surface area (Å²) in [6, 6.07) is 0.616. The third kappa shape index (κ3) is 5.92. The zero-order valence-electron chi connectivity index (χ0n) is 11.6. The van der Waals surface area contributed by atoms with Gasteiger partial charge in [0.1, 0.15) is 11.6 Å². The lowest BCUT2D eigenvalue weighted by Gasteiger charge is -2.22. The molecule has 0 spiro atoms. The van der Waals surface area contributed by atoms with Gasteiger partial charge in [0.2, 0.25) is 0 Å². The van der Waals surface area contributed by atoms with Crippen molar-refractivity contribution in [3.05, 3.63) is 24.0 Å². The average molecular weight is 298 g/mol. The maximum absolute atomic E-state index is 11.6. The van der Waals surface area contributed by atoms with Crippen LogP contribution >= 0.6 is 12.6 Å². The molecule has 0 bridgehead atoms. The van der Waals surface area contributed by atoms with Crippen LogP contribution in [0.3, 0.4) is 0 Å². The second-order valence-corrected chi connectivity index (χ2v) is 5.81. The third-order valence-corrected chi connectivity index (χ3v) is 2.45. The fraction of sp³-hybridized carbons (Fsp3) is 0.462. The number of carboxylic acids is 1. The number of carboxylic acid groups (broad SMARTS) is 1. The van der Waals surface area contributed by atoms with Crippen molar-refractivity contribution in [2.45, 2.75) is 43.7 Å². The highest BCUT2D eigenvalue weighted by atomic mass is 32.1. The van der Waals surface area contributed by atoms with Gasteiger partial charge in [-0.25, -0.2) is 9.59 Å². The van der Waals surface area contributed by atoms with E-state index in [0.29, 0.717) is 10.5 Å². The van der Waals surface area contributed by atoms with Gasteiger partial charge in [-0.2, -0.15) is 0 Å². The number of carbonyl (C=O) groups excluding carboxylic acids is 1. The molecular formula is C13H18N2O4S. The van der Waals surface area contributed by atoms with Crippen LogP contribution in [-0.4, -0.2) is 33.8 Å². The highest BCUT2D eigenvalue weighted by Gasteiger charge is 2.24. The van der Waals surface area contributed by atoms with E-state index in [-0.39, 0.29) is 6.42 Å². The monoisotopic (exact) mass is 298 g/mol. The second-order valence-electron chi connectivity index (χ2n) is 5.29. The highest BCUT2D eigenvalue weighted by molar-refractivity contribution is 7.80. The van der Waals surface area contributed by atoms with E-state index < -0.39 is 23.7 Å².